The molecule has 0 aliphatic heterocycles. The molecule has 0 aliphatic carbocycles. The predicted molar refractivity (Wildman–Crippen MR) is 83.3 cm³/mol. The Labute approximate surface area is 125 Å². The minimum absolute atomic E-state index is 0.0913. The Morgan fingerprint density at radius 1 is 1.25 bits per heavy atom. The van der Waals surface area contributed by atoms with E-state index in [1.165, 1.54) is 22.7 Å². The summed E-state index contributed by atoms with van der Waals surface area (Å²) in [6, 6.07) is 3.56. The highest BCUT2D eigenvalue weighted by Gasteiger charge is 2.04. The molecule has 0 saturated carbocycles. The number of thioether (sulfide) groups is 1. The molecule has 2 heterocycles. The number of aliphatic hydroxyl groups excluding tert-OH is 1. The van der Waals surface area contributed by atoms with Crippen LogP contribution in [0.5, 0.6) is 0 Å². The zero-order valence-corrected chi connectivity index (χ0v) is 12.3. The van der Waals surface area contributed by atoms with Crippen LogP contribution >= 0.6 is 23.1 Å². The van der Waals surface area contributed by atoms with Gasteiger partial charge in [-0.1, -0.05) is 23.6 Å². The van der Waals surface area contributed by atoms with E-state index in [0.717, 1.165) is 11.3 Å². The third-order valence-corrected chi connectivity index (χ3v) is 4.23. The van der Waals surface area contributed by atoms with Crippen LogP contribution in [0, 0.1) is 11.8 Å². The van der Waals surface area contributed by atoms with Gasteiger partial charge < -0.3 is 16.6 Å². The monoisotopic (exact) mass is 306 g/mol. The molecule has 0 radical (unpaired) electrons. The van der Waals surface area contributed by atoms with E-state index in [9.17, 15) is 0 Å². The molecule has 5 nitrogen and oxygen atoms in total. The third-order valence-electron chi connectivity index (χ3n) is 2.21. The number of rotatable bonds is 4. The molecule has 2 rings (SSSR count). The fourth-order valence-electron chi connectivity index (χ4n) is 1.40. The molecule has 2 aromatic rings. The highest BCUT2D eigenvalue weighted by Crippen LogP contribution is 2.25. The molecule has 0 atom stereocenters. The number of nitrogen functional groups attached to an aromatic ring is 2. The standard InChI is InChI=1S/C13H14N4OS2/c14-11-6-12(15)17-13(16-11)20-8-10-5-9(7-19-10)3-1-2-4-18/h5-7,18H,2,4,8H2,(H4,14,15,16,17). The number of aromatic nitrogens is 2. The van der Waals surface area contributed by atoms with Crippen molar-refractivity contribution in [3.8, 4) is 11.8 Å². The van der Waals surface area contributed by atoms with Crippen molar-refractivity contribution in [1.29, 1.82) is 0 Å². The molecular formula is C13H14N4OS2. The summed E-state index contributed by atoms with van der Waals surface area (Å²) in [5.41, 5.74) is 12.2. The van der Waals surface area contributed by atoms with Gasteiger partial charge in [0.05, 0.1) is 6.61 Å². The normalized spacial score (nSPS) is 10.1. The minimum atomic E-state index is 0.0913. The maximum Gasteiger partial charge on any atom is 0.191 e. The molecule has 0 saturated heterocycles. The quantitative estimate of drug-likeness (QED) is 0.452. The zero-order valence-electron chi connectivity index (χ0n) is 10.7. The van der Waals surface area contributed by atoms with Gasteiger partial charge in [-0.05, 0) is 6.07 Å². The van der Waals surface area contributed by atoms with Gasteiger partial charge in [0.25, 0.3) is 0 Å². The van der Waals surface area contributed by atoms with E-state index < -0.39 is 0 Å². The molecule has 0 aromatic carbocycles. The first kappa shape index (κ1) is 14.7. The summed E-state index contributed by atoms with van der Waals surface area (Å²) in [5, 5.41) is 11.2. The van der Waals surface area contributed by atoms with Crippen LogP contribution in [-0.2, 0) is 5.75 Å². The van der Waals surface area contributed by atoms with Gasteiger partial charge in [0.1, 0.15) is 11.6 Å². The molecule has 5 N–H and O–H groups in total. The van der Waals surface area contributed by atoms with Crippen LogP contribution in [0.4, 0.5) is 11.6 Å². The summed E-state index contributed by atoms with van der Waals surface area (Å²) in [4.78, 5) is 9.40. The number of anilines is 2. The van der Waals surface area contributed by atoms with Gasteiger partial charge in [0.2, 0.25) is 0 Å². The summed E-state index contributed by atoms with van der Waals surface area (Å²) < 4.78 is 0. The summed E-state index contributed by atoms with van der Waals surface area (Å²) in [6.07, 6.45) is 0.496. The highest BCUT2D eigenvalue weighted by molar-refractivity contribution is 7.98. The number of hydrogen-bond donors (Lipinski definition) is 3. The van der Waals surface area contributed by atoms with E-state index in [4.69, 9.17) is 16.6 Å². The molecule has 0 aliphatic rings. The van der Waals surface area contributed by atoms with E-state index in [2.05, 4.69) is 21.8 Å². The molecule has 7 heteroatoms. The Balaban J connectivity index is 1.96. The average molecular weight is 306 g/mol. The first-order chi connectivity index (χ1) is 9.67. The van der Waals surface area contributed by atoms with E-state index in [1.807, 2.05) is 11.4 Å². The van der Waals surface area contributed by atoms with E-state index in [1.54, 1.807) is 11.3 Å². The van der Waals surface area contributed by atoms with Crippen molar-refractivity contribution in [1.82, 2.24) is 9.97 Å². The second-order valence-corrected chi connectivity index (χ2v) is 5.80. The molecule has 2 aromatic heterocycles. The Hall–Kier alpha value is -1.75. The number of aliphatic hydroxyl groups is 1. The van der Waals surface area contributed by atoms with Crippen molar-refractivity contribution >= 4 is 34.7 Å². The second-order valence-electron chi connectivity index (χ2n) is 3.87. The van der Waals surface area contributed by atoms with Crippen molar-refractivity contribution in [3.05, 3.63) is 28.0 Å². The van der Waals surface area contributed by atoms with E-state index in [0.29, 0.717) is 23.2 Å². The van der Waals surface area contributed by atoms with Gasteiger partial charge in [-0.25, -0.2) is 9.97 Å². The van der Waals surface area contributed by atoms with Crippen LogP contribution in [-0.4, -0.2) is 21.7 Å². The summed E-state index contributed by atoms with van der Waals surface area (Å²) in [7, 11) is 0. The van der Waals surface area contributed by atoms with E-state index in [-0.39, 0.29) is 6.61 Å². The SMILES string of the molecule is Nc1cc(N)nc(SCc2cc(C#CCCO)cs2)n1. The van der Waals surface area contributed by atoms with Crippen LogP contribution in [0.25, 0.3) is 0 Å². The fourth-order valence-corrected chi connectivity index (χ4v) is 3.15. The van der Waals surface area contributed by atoms with Crippen LogP contribution in [0.2, 0.25) is 0 Å². The summed E-state index contributed by atoms with van der Waals surface area (Å²) >= 11 is 3.11. The first-order valence-corrected chi connectivity index (χ1v) is 7.74. The molecule has 0 amide bonds. The van der Waals surface area contributed by atoms with Crippen molar-refractivity contribution in [3.63, 3.8) is 0 Å². The lowest BCUT2D eigenvalue weighted by Gasteiger charge is -2.01. The molecule has 104 valence electrons. The van der Waals surface area contributed by atoms with Crippen molar-refractivity contribution in [2.24, 2.45) is 0 Å². The molecule has 0 unspecified atom stereocenters. The van der Waals surface area contributed by atoms with Crippen LogP contribution in [0.15, 0.2) is 22.7 Å². The topological polar surface area (TPSA) is 98.1 Å². The smallest absolute Gasteiger partial charge is 0.191 e. The van der Waals surface area contributed by atoms with Crippen molar-refractivity contribution in [2.45, 2.75) is 17.3 Å². The molecule has 20 heavy (non-hydrogen) atoms. The van der Waals surface area contributed by atoms with Gasteiger partial charge >= 0.3 is 0 Å². The van der Waals surface area contributed by atoms with Crippen LogP contribution < -0.4 is 11.5 Å². The lowest BCUT2D eigenvalue weighted by Crippen LogP contribution is -1.99. The van der Waals surface area contributed by atoms with Crippen LogP contribution in [0.3, 0.4) is 0 Å². The molecular weight excluding hydrogens is 292 g/mol. The number of nitrogens with two attached hydrogens (primary N) is 2. The second kappa shape index (κ2) is 7.14. The average Bonchev–Trinajstić information content (AvgIpc) is 2.84. The van der Waals surface area contributed by atoms with Gasteiger partial charge in [-0.15, -0.1) is 11.3 Å². The number of thiophene rings is 1. The fraction of sp³-hybridized carbons (Fsp3) is 0.231. The Kier molecular flexibility index (Phi) is 5.24. The maximum absolute atomic E-state index is 8.67. The Morgan fingerprint density at radius 2 is 2.00 bits per heavy atom. The lowest BCUT2D eigenvalue weighted by atomic mass is 10.3. The van der Waals surface area contributed by atoms with Crippen LogP contribution in [0.1, 0.15) is 16.9 Å². The van der Waals surface area contributed by atoms with Gasteiger partial charge in [0.15, 0.2) is 5.16 Å². The number of hydrogen-bond acceptors (Lipinski definition) is 7. The zero-order chi connectivity index (χ0) is 14.4. The van der Waals surface area contributed by atoms with E-state index >= 15 is 0 Å². The summed E-state index contributed by atoms with van der Waals surface area (Å²) in [5.74, 6) is 7.40. The largest absolute Gasteiger partial charge is 0.395 e. The number of nitrogens with zero attached hydrogens (tertiary/aromatic N) is 2. The molecule has 0 bridgehead atoms. The van der Waals surface area contributed by atoms with Crippen molar-refractivity contribution < 1.29 is 5.11 Å². The lowest BCUT2D eigenvalue weighted by molar-refractivity contribution is 0.305. The summed E-state index contributed by atoms with van der Waals surface area (Å²) in [6.45, 7) is 0.0913. The minimum Gasteiger partial charge on any atom is -0.395 e. The van der Waals surface area contributed by atoms with Gasteiger partial charge in [-0.3, -0.25) is 0 Å². The first-order valence-electron chi connectivity index (χ1n) is 5.87. The van der Waals surface area contributed by atoms with Gasteiger partial charge in [-0.2, -0.15) is 0 Å². The predicted octanol–water partition coefficient (Wildman–Crippen LogP) is 1.73. The Morgan fingerprint density at radius 3 is 2.70 bits per heavy atom. The molecule has 0 spiro atoms. The maximum atomic E-state index is 8.67. The third kappa shape index (κ3) is 4.42. The molecule has 0 fully saturated rings. The van der Waals surface area contributed by atoms with Crippen molar-refractivity contribution in [2.75, 3.05) is 18.1 Å². The highest BCUT2D eigenvalue weighted by atomic mass is 32.2. The Bertz CT molecular complexity index is 625. The van der Waals surface area contributed by atoms with Gasteiger partial charge in [0, 0.05) is 34.1 Å².